The first-order valence-electron chi connectivity index (χ1n) is 10.3. The second-order valence-corrected chi connectivity index (χ2v) is 7.38. The first kappa shape index (κ1) is 23.4. The third-order valence-corrected chi connectivity index (χ3v) is 5.52. The van der Waals surface area contributed by atoms with E-state index in [0.717, 1.165) is 56.3 Å². The van der Waals surface area contributed by atoms with E-state index in [0.29, 0.717) is 0 Å². The van der Waals surface area contributed by atoms with Crippen LogP contribution in [0.15, 0.2) is 53.7 Å². The molecule has 2 N–H and O–H groups in total. The molecule has 2 aromatic rings. The minimum atomic E-state index is 0. The molecule has 6 heteroatoms. The SMILES string of the molecule is CCNC(=NCC1(c2ccccc2OC)CCCC1)NCCc1ccccn1.I. The van der Waals surface area contributed by atoms with Gasteiger partial charge in [-0.25, -0.2) is 0 Å². The van der Waals surface area contributed by atoms with Crippen molar-refractivity contribution >= 4 is 29.9 Å². The number of pyridine rings is 1. The number of aliphatic imine (C=N–C) groups is 1. The highest BCUT2D eigenvalue weighted by molar-refractivity contribution is 14.0. The fraction of sp³-hybridized carbons (Fsp3) is 0.478. The summed E-state index contributed by atoms with van der Waals surface area (Å²) in [7, 11) is 1.76. The van der Waals surface area contributed by atoms with Gasteiger partial charge in [-0.05, 0) is 38.0 Å². The largest absolute Gasteiger partial charge is 0.496 e. The van der Waals surface area contributed by atoms with E-state index in [-0.39, 0.29) is 29.4 Å². The maximum atomic E-state index is 5.66. The lowest BCUT2D eigenvalue weighted by atomic mass is 9.78. The smallest absolute Gasteiger partial charge is 0.191 e. The van der Waals surface area contributed by atoms with E-state index in [2.05, 4.69) is 46.8 Å². The summed E-state index contributed by atoms with van der Waals surface area (Å²) in [5.74, 6) is 1.85. The highest BCUT2D eigenvalue weighted by Gasteiger charge is 2.37. The van der Waals surface area contributed by atoms with Crippen LogP contribution in [0.2, 0.25) is 0 Å². The normalized spacial score (nSPS) is 15.4. The number of hydrogen-bond donors (Lipinski definition) is 2. The van der Waals surface area contributed by atoms with E-state index in [4.69, 9.17) is 9.73 Å². The average molecular weight is 508 g/mol. The summed E-state index contributed by atoms with van der Waals surface area (Å²) in [6.45, 7) is 4.52. The van der Waals surface area contributed by atoms with Crippen molar-refractivity contribution in [3.8, 4) is 5.75 Å². The molecule has 3 rings (SSSR count). The summed E-state index contributed by atoms with van der Waals surface area (Å²) < 4.78 is 5.66. The van der Waals surface area contributed by atoms with Gasteiger partial charge in [0.05, 0.1) is 13.7 Å². The van der Waals surface area contributed by atoms with Gasteiger partial charge in [-0.2, -0.15) is 0 Å². The highest BCUT2D eigenvalue weighted by atomic mass is 127. The van der Waals surface area contributed by atoms with Gasteiger partial charge in [0.2, 0.25) is 0 Å². The van der Waals surface area contributed by atoms with Crippen molar-refractivity contribution in [2.45, 2.75) is 44.4 Å². The van der Waals surface area contributed by atoms with Crippen LogP contribution in [-0.4, -0.2) is 37.7 Å². The summed E-state index contributed by atoms with van der Waals surface area (Å²) in [5.41, 5.74) is 2.45. The molecule has 1 aliphatic carbocycles. The maximum Gasteiger partial charge on any atom is 0.191 e. The Hall–Kier alpha value is -1.83. The fourth-order valence-corrected chi connectivity index (χ4v) is 4.07. The minimum Gasteiger partial charge on any atom is -0.496 e. The number of aromatic nitrogens is 1. The molecule has 0 bridgehead atoms. The number of nitrogens with one attached hydrogen (secondary N) is 2. The van der Waals surface area contributed by atoms with Crippen molar-refractivity contribution in [1.29, 1.82) is 0 Å². The van der Waals surface area contributed by atoms with Gasteiger partial charge >= 0.3 is 0 Å². The molecule has 1 heterocycles. The van der Waals surface area contributed by atoms with Crippen LogP contribution < -0.4 is 15.4 Å². The molecule has 1 aromatic carbocycles. The van der Waals surface area contributed by atoms with Crippen molar-refractivity contribution < 1.29 is 4.74 Å². The molecule has 0 saturated heterocycles. The van der Waals surface area contributed by atoms with Gasteiger partial charge in [0.15, 0.2) is 5.96 Å². The van der Waals surface area contributed by atoms with Crippen molar-refractivity contribution in [2.24, 2.45) is 4.99 Å². The molecule has 5 nitrogen and oxygen atoms in total. The zero-order chi connectivity index (χ0) is 19.7. The number of hydrogen-bond acceptors (Lipinski definition) is 3. The number of ether oxygens (including phenoxy) is 1. The van der Waals surface area contributed by atoms with E-state index >= 15 is 0 Å². The van der Waals surface area contributed by atoms with Crippen molar-refractivity contribution in [1.82, 2.24) is 15.6 Å². The number of nitrogens with zero attached hydrogens (tertiary/aromatic N) is 2. The molecule has 0 atom stereocenters. The monoisotopic (exact) mass is 508 g/mol. The van der Waals surface area contributed by atoms with E-state index in [1.807, 2.05) is 24.4 Å². The summed E-state index contributed by atoms with van der Waals surface area (Å²) in [6, 6.07) is 14.5. The second kappa shape index (κ2) is 12.0. The standard InChI is InChI=1S/C23H32N4O.HI/c1-3-24-22(26-17-13-19-10-6-9-16-25-19)27-18-23(14-7-8-15-23)20-11-4-5-12-21(20)28-2;/h4-6,9-12,16H,3,7-8,13-15,17-18H2,1-2H3,(H2,24,26,27);1H. The van der Waals surface area contributed by atoms with Crippen molar-refractivity contribution in [3.05, 3.63) is 59.9 Å². The van der Waals surface area contributed by atoms with Crippen LogP contribution in [0, 0.1) is 0 Å². The number of para-hydroxylation sites is 1. The summed E-state index contributed by atoms with van der Waals surface area (Å²) in [5, 5.41) is 6.84. The Balaban J connectivity index is 0.00000300. The quantitative estimate of drug-likeness (QED) is 0.317. The molecule has 0 aliphatic heterocycles. The third kappa shape index (κ3) is 6.32. The van der Waals surface area contributed by atoms with Gasteiger partial charge < -0.3 is 15.4 Å². The average Bonchev–Trinajstić information content (AvgIpc) is 3.23. The van der Waals surface area contributed by atoms with Gasteiger partial charge in [0.25, 0.3) is 0 Å². The summed E-state index contributed by atoms with van der Waals surface area (Å²) in [4.78, 5) is 9.36. The lowest BCUT2D eigenvalue weighted by Gasteiger charge is -2.30. The van der Waals surface area contributed by atoms with Crippen LogP contribution in [0.3, 0.4) is 0 Å². The van der Waals surface area contributed by atoms with E-state index in [1.165, 1.54) is 18.4 Å². The summed E-state index contributed by atoms with van der Waals surface area (Å²) >= 11 is 0. The van der Waals surface area contributed by atoms with E-state index < -0.39 is 0 Å². The Morgan fingerprint density at radius 2 is 1.86 bits per heavy atom. The Kier molecular flexibility index (Phi) is 9.70. The second-order valence-electron chi connectivity index (χ2n) is 7.38. The van der Waals surface area contributed by atoms with E-state index in [9.17, 15) is 0 Å². The fourth-order valence-electron chi connectivity index (χ4n) is 4.07. The van der Waals surface area contributed by atoms with Crippen molar-refractivity contribution in [3.63, 3.8) is 0 Å². The topological polar surface area (TPSA) is 58.5 Å². The van der Waals surface area contributed by atoms with Gasteiger partial charge in [-0.15, -0.1) is 24.0 Å². The Morgan fingerprint density at radius 1 is 1.10 bits per heavy atom. The lowest BCUT2D eigenvalue weighted by molar-refractivity contribution is 0.378. The Bertz CT molecular complexity index is 760. The first-order chi connectivity index (χ1) is 13.8. The van der Waals surface area contributed by atoms with Gasteiger partial charge in [-0.3, -0.25) is 9.98 Å². The number of halogens is 1. The summed E-state index contributed by atoms with van der Waals surface area (Å²) in [6.07, 6.45) is 7.53. The number of rotatable bonds is 8. The molecule has 0 unspecified atom stereocenters. The molecule has 1 saturated carbocycles. The van der Waals surface area contributed by atoms with Crippen LogP contribution in [0.5, 0.6) is 5.75 Å². The molecular formula is C23H33IN4O. The van der Waals surface area contributed by atoms with Crippen LogP contribution in [-0.2, 0) is 11.8 Å². The Labute approximate surface area is 191 Å². The van der Waals surface area contributed by atoms with Gasteiger partial charge in [-0.1, -0.05) is 37.1 Å². The molecule has 0 spiro atoms. The van der Waals surface area contributed by atoms with Crippen LogP contribution in [0.25, 0.3) is 0 Å². The number of benzene rings is 1. The zero-order valence-corrected chi connectivity index (χ0v) is 19.8. The molecule has 0 amide bonds. The third-order valence-electron chi connectivity index (χ3n) is 5.52. The van der Waals surface area contributed by atoms with E-state index in [1.54, 1.807) is 7.11 Å². The molecule has 1 aliphatic rings. The van der Waals surface area contributed by atoms with Gasteiger partial charge in [0, 0.05) is 42.4 Å². The van der Waals surface area contributed by atoms with Crippen molar-refractivity contribution in [2.75, 3.05) is 26.7 Å². The molecule has 1 fully saturated rings. The molecular weight excluding hydrogens is 475 g/mol. The molecule has 1 aromatic heterocycles. The molecule has 0 radical (unpaired) electrons. The predicted molar refractivity (Wildman–Crippen MR) is 130 cm³/mol. The maximum absolute atomic E-state index is 5.66. The Morgan fingerprint density at radius 3 is 2.55 bits per heavy atom. The first-order valence-corrected chi connectivity index (χ1v) is 10.3. The van der Waals surface area contributed by atoms with Gasteiger partial charge in [0.1, 0.15) is 5.75 Å². The predicted octanol–water partition coefficient (Wildman–Crippen LogP) is 4.32. The van der Waals surface area contributed by atoms with Crippen LogP contribution in [0.4, 0.5) is 0 Å². The van der Waals surface area contributed by atoms with Crippen LogP contribution in [0.1, 0.15) is 43.9 Å². The number of guanidine groups is 1. The number of methoxy groups -OCH3 is 1. The molecule has 29 heavy (non-hydrogen) atoms. The lowest BCUT2D eigenvalue weighted by Crippen LogP contribution is -2.40. The molecule has 158 valence electrons. The minimum absolute atomic E-state index is 0. The van der Waals surface area contributed by atoms with Crippen LogP contribution >= 0.6 is 24.0 Å². The zero-order valence-electron chi connectivity index (χ0n) is 17.5. The highest BCUT2D eigenvalue weighted by Crippen LogP contribution is 2.44.